The quantitative estimate of drug-likeness (QED) is 0.171. The Balaban J connectivity index is 1.78. The Morgan fingerprint density at radius 2 is 1.63 bits per heavy atom. The largest absolute Gasteiger partial charge is 0.490 e. The lowest BCUT2D eigenvalue weighted by Crippen LogP contribution is -2.32. The second-order valence-electron chi connectivity index (χ2n) is 10.3. The Labute approximate surface area is 226 Å². The van der Waals surface area contributed by atoms with Gasteiger partial charge in [0.25, 0.3) is 5.91 Å². The molecular weight excluding hydrogens is 477 g/mol. The van der Waals surface area contributed by atoms with E-state index < -0.39 is 6.04 Å². The van der Waals surface area contributed by atoms with Gasteiger partial charge in [-0.2, -0.15) is 0 Å². The Hall–Kier alpha value is -3.67. The second-order valence-corrected chi connectivity index (χ2v) is 10.3. The number of hydrogen-bond donors (Lipinski definition) is 3. The predicted octanol–water partition coefficient (Wildman–Crippen LogP) is 7.54. The van der Waals surface area contributed by atoms with Gasteiger partial charge in [0.1, 0.15) is 11.6 Å². The third-order valence-corrected chi connectivity index (χ3v) is 7.04. The monoisotopic (exact) mass is 517 g/mol. The molecule has 0 aromatic heterocycles. The molecule has 0 aliphatic heterocycles. The molecule has 5 nitrogen and oxygen atoms in total. The average Bonchev–Trinajstić information content (AvgIpc) is 2.91. The van der Waals surface area contributed by atoms with Gasteiger partial charge < -0.3 is 15.8 Å². The third-order valence-electron chi connectivity index (χ3n) is 7.04. The van der Waals surface area contributed by atoms with Crippen molar-refractivity contribution in [3.8, 4) is 5.75 Å². The van der Waals surface area contributed by atoms with Gasteiger partial charge in [0.05, 0.1) is 17.9 Å². The number of hydrogen-bond acceptors (Lipinski definition) is 4. The van der Waals surface area contributed by atoms with Crippen molar-refractivity contribution in [2.75, 3.05) is 5.73 Å². The molecule has 3 aromatic rings. The number of ether oxygens (including phenoxy) is 1. The summed E-state index contributed by atoms with van der Waals surface area (Å²) in [5.41, 5.74) is 8.76. The molecule has 0 aliphatic rings. The van der Waals surface area contributed by atoms with Crippen molar-refractivity contribution < 1.29 is 13.9 Å². The molecule has 0 bridgehead atoms. The predicted molar refractivity (Wildman–Crippen MR) is 153 cm³/mol. The van der Waals surface area contributed by atoms with E-state index >= 15 is 0 Å². The lowest BCUT2D eigenvalue weighted by molar-refractivity contribution is 0.0924. The molecule has 0 saturated carbocycles. The Morgan fingerprint density at radius 3 is 2.24 bits per heavy atom. The van der Waals surface area contributed by atoms with Gasteiger partial charge in [-0.05, 0) is 73.2 Å². The Morgan fingerprint density at radius 1 is 0.974 bits per heavy atom. The highest BCUT2D eigenvalue weighted by Gasteiger charge is 2.23. The maximum Gasteiger partial charge on any atom is 0.251 e. The van der Waals surface area contributed by atoms with E-state index in [0.29, 0.717) is 33.9 Å². The van der Waals surface area contributed by atoms with Crippen molar-refractivity contribution >= 4 is 17.3 Å². The zero-order valence-corrected chi connectivity index (χ0v) is 23.1. The number of nitrogens with one attached hydrogen (secondary N) is 2. The topological polar surface area (TPSA) is 88.2 Å². The van der Waals surface area contributed by atoms with Gasteiger partial charge in [-0.3, -0.25) is 10.2 Å². The molecule has 3 atom stereocenters. The van der Waals surface area contributed by atoms with E-state index in [1.807, 2.05) is 38.1 Å². The van der Waals surface area contributed by atoms with E-state index in [-0.39, 0.29) is 29.5 Å². The molecule has 4 N–H and O–H groups in total. The summed E-state index contributed by atoms with van der Waals surface area (Å²) in [5.74, 6) is 0.634. The van der Waals surface area contributed by atoms with Crippen LogP contribution < -0.4 is 15.8 Å². The molecule has 0 spiro atoms. The first-order valence-corrected chi connectivity index (χ1v) is 13.4. The van der Waals surface area contributed by atoms with Gasteiger partial charge >= 0.3 is 0 Å². The molecular formula is C32H40FN3O2. The molecule has 38 heavy (non-hydrogen) atoms. The van der Waals surface area contributed by atoms with Gasteiger partial charge in [-0.15, -0.1) is 0 Å². The minimum Gasteiger partial charge on any atom is -0.490 e. The summed E-state index contributed by atoms with van der Waals surface area (Å²) in [6, 6.07) is 18.3. The Kier molecular flexibility index (Phi) is 10.1. The molecule has 3 unspecified atom stereocenters. The summed E-state index contributed by atoms with van der Waals surface area (Å²) in [6.07, 6.45) is 3.21. The maximum atomic E-state index is 14.4. The Bertz CT molecular complexity index is 1240. The summed E-state index contributed by atoms with van der Waals surface area (Å²) in [7, 11) is 0. The number of anilines is 1. The molecule has 0 saturated heterocycles. The van der Waals surface area contributed by atoms with Crippen molar-refractivity contribution in [2.45, 2.75) is 66.0 Å². The van der Waals surface area contributed by atoms with Gasteiger partial charge in [0, 0.05) is 27.9 Å². The minimum atomic E-state index is -0.496. The fraction of sp³-hybridized carbons (Fsp3) is 0.375. The van der Waals surface area contributed by atoms with Crippen LogP contribution in [0.1, 0.15) is 87.0 Å². The first kappa shape index (κ1) is 28.9. The highest BCUT2D eigenvalue weighted by molar-refractivity contribution is 6.14. The fourth-order valence-electron chi connectivity index (χ4n) is 4.43. The molecule has 3 rings (SSSR count). The summed E-state index contributed by atoms with van der Waals surface area (Å²) in [6.45, 7) is 10.4. The molecule has 202 valence electrons. The second kappa shape index (κ2) is 13.2. The summed E-state index contributed by atoms with van der Waals surface area (Å²) < 4.78 is 20.6. The van der Waals surface area contributed by atoms with Crippen molar-refractivity contribution in [2.24, 2.45) is 11.8 Å². The molecule has 0 fully saturated rings. The average molecular weight is 518 g/mol. The first-order valence-electron chi connectivity index (χ1n) is 13.4. The molecule has 1 amide bonds. The number of nitrogens with two attached hydrogens (primary N) is 1. The number of carbonyl (C=O) groups excluding carboxylic acids is 1. The van der Waals surface area contributed by atoms with Crippen LogP contribution in [0.2, 0.25) is 0 Å². The van der Waals surface area contributed by atoms with E-state index in [0.717, 1.165) is 25.0 Å². The third kappa shape index (κ3) is 7.21. The van der Waals surface area contributed by atoms with Crippen LogP contribution in [0.15, 0.2) is 66.7 Å². The van der Waals surface area contributed by atoms with E-state index in [9.17, 15) is 9.18 Å². The highest BCUT2D eigenvalue weighted by Crippen LogP contribution is 2.26. The molecule has 0 aliphatic carbocycles. The number of rotatable bonds is 12. The number of amides is 1. The van der Waals surface area contributed by atoms with Crippen LogP contribution in [0.3, 0.4) is 0 Å². The van der Waals surface area contributed by atoms with Gasteiger partial charge in [0.15, 0.2) is 0 Å². The summed E-state index contributed by atoms with van der Waals surface area (Å²) >= 11 is 0. The SMILES string of the molecule is CCC(C)CC(CC)Oc1ccc(C(=N)c2cc(C(=O)NC(c3ccccc3F)C(C)C)ccc2N)cc1. The van der Waals surface area contributed by atoms with Crippen LogP contribution >= 0.6 is 0 Å². The van der Waals surface area contributed by atoms with Gasteiger partial charge in [-0.25, -0.2) is 4.39 Å². The van der Waals surface area contributed by atoms with Crippen molar-refractivity contribution in [1.29, 1.82) is 5.41 Å². The lowest BCUT2D eigenvalue weighted by atomic mass is 9.94. The smallest absolute Gasteiger partial charge is 0.251 e. The van der Waals surface area contributed by atoms with Crippen molar-refractivity contribution in [3.05, 3.63) is 94.8 Å². The van der Waals surface area contributed by atoms with Crippen LogP contribution in [-0.4, -0.2) is 17.7 Å². The van der Waals surface area contributed by atoms with Crippen molar-refractivity contribution in [3.63, 3.8) is 0 Å². The van der Waals surface area contributed by atoms with Gasteiger partial charge in [0.2, 0.25) is 0 Å². The fourth-order valence-corrected chi connectivity index (χ4v) is 4.43. The maximum absolute atomic E-state index is 14.4. The van der Waals surface area contributed by atoms with Crippen LogP contribution in [0.5, 0.6) is 5.75 Å². The normalized spacial score (nSPS) is 13.6. The number of nitrogen functional groups attached to an aromatic ring is 1. The first-order chi connectivity index (χ1) is 18.1. The molecule has 6 heteroatoms. The van der Waals surface area contributed by atoms with E-state index in [2.05, 4.69) is 26.1 Å². The van der Waals surface area contributed by atoms with E-state index in [1.54, 1.807) is 36.4 Å². The standard InChI is InChI=1S/C32H40FN3O2/c1-6-21(5)18-24(7-2)38-25-15-12-22(13-16-25)30(35)27-19-23(14-17-29(27)34)32(37)36-31(20(3)4)26-10-8-9-11-28(26)33/h8-17,19-21,24,31,35H,6-7,18,34H2,1-5H3,(H,36,37). The molecule has 3 aromatic carbocycles. The van der Waals surface area contributed by atoms with Crippen LogP contribution in [0.25, 0.3) is 0 Å². The van der Waals surface area contributed by atoms with E-state index in [1.165, 1.54) is 6.07 Å². The highest BCUT2D eigenvalue weighted by atomic mass is 19.1. The summed E-state index contributed by atoms with van der Waals surface area (Å²) in [4.78, 5) is 13.2. The van der Waals surface area contributed by atoms with Crippen LogP contribution in [0, 0.1) is 23.1 Å². The minimum absolute atomic E-state index is 0.0272. The molecule has 0 radical (unpaired) electrons. The van der Waals surface area contributed by atoms with Crippen LogP contribution in [0.4, 0.5) is 10.1 Å². The molecule has 0 heterocycles. The number of halogens is 1. The van der Waals surface area contributed by atoms with Crippen molar-refractivity contribution in [1.82, 2.24) is 5.32 Å². The van der Waals surface area contributed by atoms with E-state index in [4.69, 9.17) is 15.9 Å². The van der Waals surface area contributed by atoms with Crippen LogP contribution in [-0.2, 0) is 0 Å². The number of benzene rings is 3. The zero-order chi connectivity index (χ0) is 27.8. The number of carbonyl (C=O) groups is 1. The van der Waals surface area contributed by atoms with Gasteiger partial charge in [-0.1, -0.05) is 59.2 Å². The zero-order valence-electron chi connectivity index (χ0n) is 23.1. The summed E-state index contributed by atoms with van der Waals surface area (Å²) in [5, 5.41) is 11.7. The lowest BCUT2D eigenvalue weighted by Gasteiger charge is -2.23.